The number of benzene rings is 1. The highest BCUT2D eigenvalue weighted by Crippen LogP contribution is 2.35. The number of hydrogen-bond donors (Lipinski definition) is 0. The average molecular weight is 286 g/mol. The minimum Gasteiger partial charge on any atom is -0.489 e. The zero-order chi connectivity index (χ0) is 11.5. The van der Waals surface area contributed by atoms with Crippen LogP contribution in [0.1, 0.15) is 12.0 Å². The van der Waals surface area contributed by atoms with Gasteiger partial charge in [0.1, 0.15) is 17.7 Å². The summed E-state index contributed by atoms with van der Waals surface area (Å²) in [7, 11) is 0. The van der Waals surface area contributed by atoms with Crippen LogP contribution in [0.5, 0.6) is 5.75 Å². The molecule has 1 heterocycles. The van der Waals surface area contributed by atoms with Crippen LogP contribution in [0.15, 0.2) is 21.7 Å². The summed E-state index contributed by atoms with van der Waals surface area (Å²) >= 11 is 3.26. The second-order valence-corrected chi connectivity index (χ2v) is 4.42. The lowest BCUT2D eigenvalue weighted by Gasteiger charge is -2.25. The van der Waals surface area contributed by atoms with Crippen LogP contribution in [0.2, 0.25) is 0 Å². The van der Waals surface area contributed by atoms with E-state index in [0.29, 0.717) is 16.8 Å². The van der Waals surface area contributed by atoms with Gasteiger partial charge in [0, 0.05) is 4.91 Å². The SMILES string of the molecule is [N-]=[N+]=NCC1CCc2cc(F)cc(Br)c2O1. The lowest BCUT2D eigenvalue weighted by Crippen LogP contribution is -2.25. The van der Waals surface area contributed by atoms with E-state index in [4.69, 9.17) is 10.3 Å². The van der Waals surface area contributed by atoms with Crippen LogP contribution in [-0.4, -0.2) is 12.6 Å². The van der Waals surface area contributed by atoms with Crippen molar-refractivity contribution in [2.45, 2.75) is 18.9 Å². The highest BCUT2D eigenvalue weighted by Gasteiger charge is 2.21. The van der Waals surface area contributed by atoms with Gasteiger partial charge in [0.15, 0.2) is 0 Å². The molecule has 0 aliphatic carbocycles. The maximum atomic E-state index is 13.1. The van der Waals surface area contributed by atoms with Crippen LogP contribution in [0, 0.1) is 5.82 Å². The number of azide groups is 1. The molecule has 2 rings (SSSR count). The first-order chi connectivity index (χ1) is 7.70. The molecule has 0 aromatic heterocycles. The van der Waals surface area contributed by atoms with Gasteiger partial charge in [0.2, 0.25) is 0 Å². The monoisotopic (exact) mass is 285 g/mol. The van der Waals surface area contributed by atoms with Crippen LogP contribution in [0.25, 0.3) is 10.4 Å². The molecule has 84 valence electrons. The maximum Gasteiger partial charge on any atom is 0.137 e. The molecular weight excluding hydrogens is 277 g/mol. The van der Waals surface area contributed by atoms with Gasteiger partial charge >= 0.3 is 0 Å². The Hall–Kier alpha value is -1.26. The highest BCUT2D eigenvalue weighted by molar-refractivity contribution is 9.10. The third-order valence-electron chi connectivity index (χ3n) is 2.45. The zero-order valence-electron chi connectivity index (χ0n) is 8.36. The maximum absolute atomic E-state index is 13.1. The van der Waals surface area contributed by atoms with Gasteiger partial charge < -0.3 is 4.74 Å². The normalized spacial score (nSPS) is 18.2. The van der Waals surface area contributed by atoms with Crippen molar-refractivity contribution < 1.29 is 9.13 Å². The molecule has 0 spiro atoms. The fourth-order valence-electron chi connectivity index (χ4n) is 1.73. The van der Waals surface area contributed by atoms with E-state index in [-0.39, 0.29) is 11.9 Å². The number of ether oxygens (including phenoxy) is 1. The number of halogens is 2. The Labute approximate surface area is 100 Å². The van der Waals surface area contributed by atoms with E-state index in [2.05, 4.69) is 26.0 Å². The molecule has 0 amide bonds. The van der Waals surface area contributed by atoms with Crippen molar-refractivity contribution in [1.29, 1.82) is 0 Å². The van der Waals surface area contributed by atoms with Crippen LogP contribution < -0.4 is 4.74 Å². The Morgan fingerprint density at radius 3 is 3.19 bits per heavy atom. The van der Waals surface area contributed by atoms with Gasteiger partial charge in [-0.2, -0.15) is 0 Å². The molecule has 1 atom stereocenters. The Bertz CT molecular complexity index is 460. The fraction of sp³-hybridized carbons (Fsp3) is 0.400. The van der Waals surface area contributed by atoms with Crippen molar-refractivity contribution in [3.8, 4) is 5.75 Å². The number of aryl methyl sites for hydroxylation is 1. The minimum absolute atomic E-state index is 0.120. The molecule has 0 saturated carbocycles. The van der Waals surface area contributed by atoms with E-state index >= 15 is 0 Å². The smallest absolute Gasteiger partial charge is 0.137 e. The lowest BCUT2D eigenvalue weighted by molar-refractivity contribution is 0.179. The molecule has 6 heteroatoms. The van der Waals surface area contributed by atoms with E-state index in [1.165, 1.54) is 12.1 Å². The summed E-state index contributed by atoms with van der Waals surface area (Å²) in [6.07, 6.45) is 1.35. The zero-order valence-corrected chi connectivity index (χ0v) is 9.95. The molecule has 1 unspecified atom stereocenters. The summed E-state index contributed by atoms with van der Waals surface area (Å²) in [6, 6.07) is 2.85. The van der Waals surface area contributed by atoms with Gasteiger partial charge in [-0.3, -0.25) is 0 Å². The summed E-state index contributed by atoms with van der Waals surface area (Å²) < 4.78 is 19.3. The van der Waals surface area contributed by atoms with E-state index < -0.39 is 0 Å². The van der Waals surface area contributed by atoms with Crippen molar-refractivity contribution in [1.82, 2.24) is 0 Å². The number of fused-ring (bicyclic) bond motifs is 1. The molecule has 1 aliphatic rings. The van der Waals surface area contributed by atoms with E-state index in [1.807, 2.05) is 0 Å². The first-order valence-electron chi connectivity index (χ1n) is 4.86. The first-order valence-corrected chi connectivity index (χ1v) is 5.65. The predicted molar refractivity (Wildman–Crippen MR) is 60.9 cm³/mol. The quantitative estimate of drug-likeness (QED) is 0.465. The average Bonchev–Trinajstić information content (AvgIpc) is 2.26. The molecular formula is C10H9BrFN3O. The Morgan fingerprint density at radius 2 is 2.44 bits per heavy atom. The van der Waals surface area contributed by atoms with Gasteiger partial charge in [-0.15, -0.1) is 0 Å². The predicted octanol–water partition coefficient (Wildman–Crippen LogP) is 3.59. The summed E-state index contributed by atoms with van der Waals surface area (Å²) in [6.45, 7) is 0.305. The summed E-state index contributed by atoms with van der Waals surface area (Å²) in [5.41, 5.74) is 9.08. The van der Waals surface area contributed by atoms with Crippen molar-refractivity contribution in [3.63, 3.8) is 0 Å². The largest absolute Gasteiger partial charge is 0.489 e. The summed E-state index contributed by atoms with van der Waals surface area (Å²) in [5, 5.41) is 3.48. The van der Waals surface area contributed by atoms with Crippen molar-refractivity contribution in [3.05, 3.63) is 38.4 Å². The molecule has 1 aliphatic heterocycles. The molecule has 1 aromatic rings. The topological polar surface area (TPSA) is 58.0 Å². The van der Waals surface area contributed by atoms with Gasteiger partial charge in [-0.05, 0) is 52.0 Å². The van der Waals surface area contributed by atoms with Gasteiger partial charge in [0.25, 0.3) is 0 Å². The summed E-state index contributed by atoms with van der Waals surface area (Å²) in [5.74, 6) is 0.383. The number of nitrogens with zero attached hydrogens (tertiary/aromatic N) is 3. The van der Waals surface area contributed by atoms with Gasteiger partial charge in [-0.1, -0.05) is 5.11 Å². The molecule has 0 fully saturated rings. The highest BCUT2D eigenvalue weighted by atomic mass is 79.9. The van der Waals surface area contributed by atoms with Gasteiger partial charge in [-0.25, -0.2) is 4.39 Å². The van der Waals surface area contributed by atoms with E-state index in [9.17, 15) is 4.39 Å². The Morgan fingerprint density at radius 1 is 1.62 bits per heavy atom. The lowest BCUT2D eigenvalue weighted by atomic mass is 10.0. The van der Waals surface area contributed by atoms with Crippen LogP contribution in [0.4, 0.5) is 4.39 Å². The van der Waals surface area contributed by atoms with Crippen molar-refractivity contribution in [2.24, 2.45) is 5.11 Å². The first kappa shape index (κ1) is 11.2. The molecule has 16 heavy (non-hydrogen) atoms. The Balaban J connectivity index is 2.23. The van der Waals surface area contributed by atoms with Crippen molar-refractivity contribution >= 4 is 15.9 Å². The third kappa shape index (κ3) is 2.28. The summed E-state index contributed by atoms with van der Waals surface area (Å²) in [4.78, 5) is 2.70. The number of rotatable bonds is 2. The molecule has 0 N–H and O–H groups in total. The fourth-order valence-corrected chi connectivity index (χ4v) is 2.30. The molecule has 0 bridgehead atoms. The Kier molecular flexibility index (Phi) is 3.31. The van der Waals surface area contributed by atoms with Crippen LogP contribution >= 0.6 is 15.9 Å². The standard InChI is InChI=1S/C10H9BrFN3O/c11-9-4-7(12)3-6-1-2-8(5-14-15-13)16-10(6)9/h3-4,8H,1-2,5H2. The van der Waals surface area contributed by atoms with Gasteiger partial charge in [0.05, 0.1) is 11.0 Å². The molecule has 1 aromatic carbocycles. The second-order valence-electron chi connectivity index (χ2n) is 3.57. The van der Waals surface area contributed by atoms with E-state index in [0.717, 1.165) is 18.4 Å². The van der Waals surface area contributed by atoms with Crippen LogP contribution in [0.3, 0.4) is 0 Å². The number of hydrogen-bond acceptors (Lipinski definition) is 2. The minimum atomic E-state index is -0.275. The molecule has 4 nitrogen and oxygen atoms in total. The van der Waals surface area contributed by atoms with Crippen molar-refractivity contribution in [2.75, 3.05) is 6.54 Å². The molecule has 0 radical (unpaired) electrons. The van der Waals surface area contributed by atoms with Crippen LogP contribution in [-0.2, 0) is 6.42 Å². The third-order valence-corrected chi connectivity index (χ3v) is 3.04. The molecule has 0 saturated heterocycles. The second kappa shape index (κ2) is 4.72. The van der Waals surface area contributed by atoms with E-state index in [1.54, 1.807) is 0 Å².